The predicted octanol–water partition coefficient (Wildman–Crippen LogP) is 1.22. The lowest BCUT2D eigenvalue weighted by Gasteiger charge is -2.14. The number of alkyl carbamates (subject to hydrolysis) is 1. The summed E-state index contributed by atoms with van der Waals surface area (Å²) in [5.41, 5.74) is 0. The summed E-state index contributed by atoms with van der Waals surface area (Å²) in [6, 6.07) is 0. The molecule has 1 saturated heterocycles. The first-order valence-electron chi connectivity index (χ1n) is 5.46. The maximum absolute atomic E-state index is 11.0. The highest BCUT2D eigenvalue weighted by molar-refractivity contribution is 5.66. The van der Waals surface area contributed by atoms with Crippen LogP contribution in [0.25, 0.3) is 0 Å². The molecule has 0 aromatic carbocycles. The van der Waals surface area contributed by atoms with Gasteiger partial charge in [-0.3, -0.25) is 0 Å². The third-order valence-corrected chi connectivity index (χ3v) is 2.33. The molecule has 0 aromatic rings. The van der Waals surface area contributed by atoms with E-state index in [-0.39, 0.29) is 6.09 Å². The Morgan fingerprint density at radius 3 is 2.79 bits per heavy atom. The Morgan fingerprint density at radius 2 is 2.14 bits per heavy atom. The van der Waals surface area contributed by atoms with Gasteiger partial charge in [0.05, 0.1) is 6.61 Å². The molecule has 1 heterocycles. The Morgan fingerprint density at radius 1 is 1.43 bits per heavy atom. The van der Waals surface area contributed by atoms with E-state index in [1.165, 1.54) is 25.9 Å². The number of amides is 1. The van der Waals surface area contributed by atoms with Crippen LogP contribution >= 0.6 is 0 Å². The maximum atomic E-state index is 11.0. The van der Waals surface area contributed by atoms with E-state index in [0.29, 0.717) is 13.2 Å². The van der Waals surface area contributed by atoms with Gasteiger partial charge in [-0.1, -0.05) is 6.92 Å². The zero-order valence-corrected chi connectivity index (χ0v) is 8.92. The van der Waals surface area contributed by atoms with Gasteiger partial charge in [-0.25, -0.2) is 4.79 Å². The third-order valence-electron chi connectivity index (χ3n) is 2.33. The lowest BCUT2D eigenvalue weighted by Crippen LogP contribution is -2.33. The smallest absolute Gasteiger partial charge is 0.407 e. The highest BCUT2D eigenvalue weighted by Gasteiger charge is 2.10. The lowest BCUT2D eigenvalue weighted by molar-refractivity contribution is 0.145. The van der Waals surface area contributed by atoms with Crippen LogP contribution in [0.3, 0.4) is 0 Å². The number of likely N-dealkylation sites (tertiary alicyclic amines) is 1. The first kappa shape index (κ1) is 11.3. The van der Waals surface area contributed by atoms with E-state index in [4.69, 9.17) is 4.74 Å². The van der Waals surface area contributed by atoms with Gasteiger partial charge in [0, 0.05) is 13.1 Å². The maximum Gasteiger partial charge on any atom is 0.407 e. The minimum atomic E-state index is -0.286. The molecule has 4 nitrogen and oxygen atoms in total. The number of hydrogen-bond donors (Lipinski definition) is 1. The summed E-state index contributed by atoms with van der Waals surface area (Å²) >= 11 is 0. The second-order valence-corrected chi connectivity index (χ2v) is 3.61. The van der Waals surface area contributed by atoms with Gasteiger partial charge >= 0.3 is 6.09 Å². The van der Waals surface area contributed by atoms with Crippen molar-refractivity contribution in [1.29, 1.82) is 0 Å². The lowest BCUT2D eigenvalue weighted by atomic mass is 10.4. The average molecular weight is 200 g/mol. The van der Waals surface area contributed by atoms with E-state index in [1.807, 2.05) is 6.92 Å². The van der Waals surface area contributed by atoms with Gasteiger partial charge in [-0.15, -0.1) is 0 Å². The summed E-state index contributed by atoms with van der Waals surface area (Å²) in [4.78, 5) is 13.4. The standard InChI is InChI=1S/C10H20N2O2/c1-2-9-14-10(13)11-5-8-12-6-3-4-7-12/h2-9H2,1H3,(H,11,13). The van der Waals surface area contributed by atoms with Gasteiger partial charge in [0.25, 0.3) is 0 Å². The van der Waals surface area contributed by atoms with E-state index < -0.39 is 0 Å². The normalized spacial score (nSPS) is 16.9. The van der Waals surface area contributed by atoms with Gasteiger partial charge in [0.2, 0.25) is 0 Å². The van der Waals surface area contributed by atoms with Gasteiger partial charge < -0.3 is 15.0 Å². The number of hydrogen-bond acceptors (Lipinski definition) is 3. The fraction of sp³-hybridized carbons (Fsp3) is 0.900. The molecule has 1 N–H and O–H groups in total. The summed E-state index contributed by atoms with van der Waals surface area (Å²) in [6.07, 6.45) is 3.17. The van der Waals surface area contributed by atoms with E-state index in [0.717, 1.165) is 13.0 Å². The Kier molecular flexibility index (Phi) is 5.37. The molecule has 1 aliphatic rings. The fourth-order valence-electron chi connectivity index (χ4n) is 1.57. The Bertz CT molecular complexity index is 168. The number of nitrogens with zero attached hydrogens (tertiary/aromatic N) is 1. The number of ether oxygens (including phenoxy) is 1. The molecule has 0 spiro atoms. The van der Waals surface area contributed by atoms with Crippen LogP contribution in [0.15, 0.2) is 0 Å². The Balaban J connectivity index is 1.94. The van der Waals surface area contributed by atoms with Crippen molar-refractivity contribution < 1.29 is 9.53 Å². The predicted molar refractivity (Wildman–Crippen MR) is 55.3 cm³/mol. The minimum Gasteiger partial charge on any atom is -0.450 e. The van der Waals surface area contributed by atoms with Crippen molar-refractivity contribution in [3.05, 3.63) is 0 Å². The van der Waals surface area contributed by atoms with Gasteiger partial charge in [-0.05, 0) is 32.4 Å². The molecule has 0 unspecified atom stereocenters. The molecular weight excluding hydrogens is 180 g/mol. The van der Waals surface area contributed by atoms with Crippen LogP contribution in [-0.4, -0.2) is 43.8 Å². The largest absolute Gasteiger partial charge is 0.450 e. The van der Waals surface area contributed by atoms with Crippen molar-refractivity contribution in [2.45, 2.75) is 26.2 Å². The van der Waals surface area contributed by atoms with E-state index in [2.05, 4.69) is 10.2 Å². The summed E-state index contributed by atoms with van der Waals surface area (Å²) in [5, 5.41) is 2.74. The molecule has 82 valence electrons. The van der Waals surface area contributed by atoms with Crippen molar-refractivity contribution in [2.24, 2.45) is 0 Å². The zero-order valence-electron chi connectivity index (χ0n) is 8.92. The number of rotatable bonds is 5. The molecule has 1 aliphatic heterocycles. The monoisotopic (exact) mass is 200 g/mol. The van der Waals surface area contributed by atoms with Crippen molar-refractivity contribution in [2.75, 3.05) is 32.8 Å². The highest BCUT2D eigenvalue weighted by atomic mass is 16.5. The SMILES string of the molecule is CCCOC(=O)NCCN1CCCC1. The summed E-state index contributed by atoms with van der Waals surface area (Å²) < 4.78 is 4.89. The summed E-state index contributed by atoms with van der Waals surface area (Å²) in [7, 11) is 0. The first-order chi connectivity index (χ1) is 6.83. The molecule has 0 atom stereocenters. The van der Waals surface area contributed by atoms with E-state index >= 15 is 0 Å². The molecule has 14 heavy (non-hydrogen) atoms. The second-order valence-electron chi connectivity index (χ2n) is 3.61. The van der Waals surface area contributed by atoms with Gasteiger partial charge in [-0.2, -0.15) is 0 Å². The van der Waals surface area contributed by atoms with Crippen LogP contribution < -0.4 is 5.32 Å². The molecule has 1 amide bonds. The van der Waals surface area contributed by atoms with Crippen LogP contribution in [0.4, 0.5) is 4.79 Å². The summed E-state index contributed by atoms with van der Waals surface area (Å²) in [5.74, 6) is 0. The van der Waals surface area contributed by atoms with Crippen LogP contribution in [-0.2, 0) is 4.74 Å². The van der Waals surface area contributed by atoms with Crippen molar-refractivity contribution >= 4 is 6.09 Å². The van der Waals surface area contributed by atoms with Crippen LogP contribution in [0, 0.1) is 0 Å². The quantitative estimate of drug-likeness (QED) is 0.725. The zero-order chi connectivity index (χ0) is 10.2. The molecule has 0 bridgehead atoms. The van der Waals surface area contributed by atoms with Crippen LogP contribution in [0.2, 0.25) is 0 Å². The number of nitrogens with one attached hydrogen (secondary N) is 1. The van der Waals surface area contributed by atoms with Gasteiger partial charge in [0.1, 0.15) is 0 Å². The Labute approximate surface area is 85.6 Å². The van der Waals surface area contributed by atoms with Crippen molar-refractivity contribution in [1.82, 2.24) is 10.2 Å². The molecular formula is C10H20N2O2. The van der Waals surface area contributed by atoms with Gasteiger partial charge in [0.15, 0.2) is 0 Å². The molecule has 0 radical (unpaired) electrons. The second kappa shape index (κ2) is 6.65. The highest BCUT2D eigenvalue weighted by Crippen LogP contribution is 2.05. The van der Waals surface area contributed by atoms with E-state index in [1.54, 1.807) is 0 Å². The molecule has 1 fully saturated rings. The first-order valence-corrected chi connectivity index (χ1v) is 5.46. The topological polar surface area (TPSA) is 41.6 Å². The van der Waals surface area contributed by atoms with E-state index in [9.17, 15) is 4.79 Å². The molecule has 0 saturated carbocycles. The fourth-order valence-corrected chi connectivity index (χ4v) is 1.57. The number of carbonyl (C=O) groups excluding carboxylic acids is 1. The number of carbonyl (C=O) groups is 1. The van der Waals surface area contributed by atoms with Crippen LogP contribution in [0.1, 0.15) is 26.2 Å². The van der Waals surface area contributed by atoms with Crippen molar-refractivity contribution in [3.8, 4) is 0 Å². The molecule has 0 aliphatic carbocycles. The average Bonchev–Trinajstić information content (AvgIpc) is 2.67. The minimum absolute atomic E-state index is 0.286. The molecule has 1 rings (SSSR count). The van der Waals surface area contributed by atoms with Crippen molar-refractivity contribution in [3.63, 3.8) is 0 Å². The third kappa shape index (κ3) is 4.46. The molecule has 0 aromatic heterocycles. The molecule has 4 heteroatoms. The summed E-state index contributed by atoms with van der Waals surface area (Å²) in [6.45, 7) is 6.48. The Hall–Kier alpha value is -0.770. The van der Waals surface area contributed by atoms with Crippen LogP contribution in [0.5, 0.6) is 0 Å².